The first kappa shape index (κ1) is 14.4. The van der Waals surface area contributed by atoms with E-state index in [0.29, 0.717) is 5.56 Å². The molecule has 2 aromatic rings. The number of hydrogen-bond acceptors (Lipinski definition) is 2. The molecular weight excluding hydrogens is 242 g/mol. The van der Waals surface area contributed by atoms with E-state index >= 15 is 0 Å². The topological polar surface area (TPSA) is 80.4 Å². The lowest BCUT2D eigenvalue weighted by Crippen LogP contribution is -2.09. The number of carbonyl (C=O) groups is 2. The molecule has 0 fully saturated rings. The van der Waals surface area contributed by atoms with Crippen molar-refractivity contribution in [3.05, 3.63) is 71.8 Å². The summed E-state index contributed by atoms with van der Waals surface area (Å²) in [7, 11) is 0. The van der Waals surface area contributed by atoms with Crippen molar-refractivity contribution in [2.45, 2.75) is 6.42 Å². The van der Waals surface area contributed by atoms with Crippen LogP contribution >= 0.6 is 0 Å². The first-order valence-electron chi connectivity index (χ1n) is 5.70. The van der Waals surface area contributed by atoms with Crippen molar-refractivity contribution in [3.63, 3.8) is 0 Å². The van der Waals surface area contributed by atoms with Crippen LogP contribution in [0.2, 0.25) is 0 Å². The molecule has 0 saturated carbocycles. The number of nitrogens with two attached hydrogens (primary N) is 1. The third-order valence-electron chi connectivity index (χ3n) is 2.26. The molecule has 1 amide bonds. The second-order valence-electron chi connectivity index (χ2n) is 3.79. The van der Waals surface area contributed by atoms with E-state index < -0.39 is 5.97 Å². The number of carboxylic acid groups (broad SMARTS) is 1. The smallest absolute Gasteiger partial charge is 0.307 e. The maximum atomic E-state index is 10.4. The van der Waals surface area contributed by atoms with Gasteiger partial charge in [0, 0.05) is 5.56 Å². The van der Waals surface area contributed by atoms with Gasteiger partial charge in [0.2, 0.25) is 5.91 Å². The molecule has 4 nitrogen and oxygen atoms in total. The Hall–Kier alpha value is -2.62. The fraction of sp³-hybridized carbons (Fsp3) is 0.0667. The van der Waals surface area contributed by atoms with Crippen LogP contribution in [0.4, 0.5) is 0 Å². The summed E-state index contributed by atoms with van der Waals surface area (Å²) in [6, 6.07) is 17.9. The number of carbonyl (C=O) groups excluding carboxylic acids is 1. The molecule has 19 heavy (non-hydrogen) atoms. The summed E-state index contributed by atoms with van der Waals surface area (Å²) in [5.74, 6) is -1.16. The molecule has 98 valence electrons. The zero-order valence-electron chi connectivity index (χ0n) is 10.3. The van der Waals surface area contributed by atoms with Gasteiger partial charge in [0.25, 0.3) is 0 Å². The van der Waals surface area contributed by atoms with Crippen LogP contribution in [0.25, 0.3) is 0 Å². The SMILES string of the molecule is NC(=O)c1ccccc1.O=C(O)Cc1ccccc1. The number of primary amides is 1. The first-order valence-corrected chi connectivity index (χ1v) is 5.70. The van der Waals surface area contributed by atoms with E-state index in [9.17, 15) is 9.59 Å². The molecule has 0 aromatic heterocycles. The number of rotatable bonds is 3. The Kier molecular flexibility index (Phi) is 5.82. The normalized spacial score (nSPS) is 9.05. The summed E-state index contributed by atoms with van der Waals surface area (Å²) in [6.45, 7) is 0. The van der Waals surface area contributed by atoms with Crippen molar-refractivity contribution in [3.8, 4) is 0 Å². The van der Waals surface area contributed by atoms with Gasteiger partial charge in [-0.2, -0.15) is 0 Å². The summed E-state index contributed by atoms with van der Waals surface area (Å²) in [5, 5.41) is 8.37. The zero-order valence-corrected chi connectivity index (χ0v) is 10.3. The molecule has 0 unspecified atom stereocenters. The second-order valence-corrected chi connectivity index (χ2v) is 3.79. The third kappa shape index (κ3) is 6.02. The maximum absolute atomic E-state index is 10.4. The Labute approximate surface area is 111 Å². The maximum Gasteiger partial charge on any atom is 0.307 e. The highest BCUT2D eigenvalue weighted by Crippen LogP contribution is 1.98. The van der Waals surface area contributed by atoms with Crippen LogP contribution in [0.3, 0.4) is 0 Å². The zero-order chi connectivity index (χ0) is 14.1. The number of amides is 1. The lowest BCUT2D eigenvalue weighted by molar-refractivity contribution is -0.136. The molecular formula is C15H15NO3. The minimum atomic E-state index is -0.786. The quantitative estimate of drug-likeness (QED) is 0.883. The van der Waals surface area contributed by atoms with Gasteiger partial charge in [-0.15, -0.1) is 0 Å². The molecule has 4 heteroatoms. The van der Waals surface area contributed by atoms with E-state index in [0.717, 1.165) is 5.56 Å². The number of carboxylic acids is 1. The summed E-state index contributed by atoms with van der Waals surface area (Å²) in [6.07, 6.45) is 0.112. The molecule has 0 bridgehead atoms. The molecule has 0 saturated heterocycles. The lowest BCUT2D eigenvalue weighted by atomic mass is 10.2. The van der Waals surface area contributed by atoms with Crippen molar-refractivity contribution in [2.75, 3.05) is 0 Å². The monoisotopic (exact) mass is 257 g/mol. The molecule has 0 heterocycles. The second kappa shape index (κ2) is 7.66. The number of hydrogen-bond donors (Lipinski definition) is 2. The fourth-order valence-corrected chi connectivity index (χ4v) is 1.37. The van der Waals surface area contributed by atoms with Crippen LogP contribution in [-0.2, 0) is 11.2 Å². The predicted octanol–water partition coefficient (Wildman–Crippen LogP) is 2.10. The van der Waals surface area contributed by atoms with Crippen molar-refractivity contribution in [2.24, 2.45) is 5.73 Å². The van der Waals surface area contributed by atoms with Gasteiger partial charge < -0.3 is 10.8 Å². The van der Waals surface area contributed by atoms with Gasteiger partial charge in [-0.05, 0) is 17.7 Å². The molecule has 0 aliphatic rings. The Morgan fingerprint density at radius 2 is 1.37 bits per heavy atom. The summed E-state index contributed by atoms with van der Waals surface area (Å²) >= 11 is 0. The minimum Gasteiger partial charge on any atom is -0.481 e. The molecule has 3 N–H and O–H groups in total. The Morgan fingerprint density at radius 1 is 0.895 bits per heavy atom. The van der Waals surface area contributed by atoms with E-state index in [1.165, 1.54) is 0 Å². The standard InChI is InChI=1S/C8H8O2.C7H7NO/c9-8(10)6-7-4-2-1-3-5-7;8-7(9)6-4-2-1-3-5-6/h1-5H,6H2,(H,9,10);1-5H,(H2,8,9). The highest BCUT2D eigenvalue weighted by atomic mass is 16.4. The summed E-state index contributed by atoms with van der Waals surface area (Å²) < 4.78 is 0. The van der Waals surface area contributed by atoms with Crippen molar-refractivity contribution < 1.29 is 14.7 Å². The number of benzene rings is 2. The first-order chi connectivity index (χ1) is 9.09. The van der Waals surface area contributed by atoms with Crippen LogP contribution < -0.4 is 5.73 Å². The number of aliphatic carboxylic acids is 1. The average molecular weight is 257 g/mol. The van der Waals surface area contributed by atoms with Gasteiger partial charge in [-0.25, -0.2) is 0 Å². The van der Waals surface area contributed by atoms with Gasteiger partial charge in [0.1, 0.15) is 0 Å². The minimum absolute atomic E-state index is 0.112. The van der Waals surface area contributed by atoms with Gasteiger partial charge in [0.15, 0.2) is 0 Å². The molecule has 0 aliphatic heterocycles. The van der Waals surface area contributed by atoms with Gasteiger partial charge in [-0.3, -0.25) is 9.59 Å². The highest BCUT2D eigenvalue weighted by molar-refractivity contribution is 5.92. The average Bonchev–Trinajstić information content (AvgIpc) is 2.41. The van der Waals surface area contributed by atoms with Gasteiger partial charge in [0.05, 0.1) is 6.42 Å². The van der Waals surface area contributed by atoms with Crippen LogP contribution in [0.15, 0.2) is 60.7 Å². The van der Waals surface area contributed by atoms with E-state index in [2.05, 4.69) is 0 Å². The van der Waals surface area contributed by atoms with Gasteiger partial charge >= 0.3 is 5.97 Å². The van der Waals surface area contributed by atoms with Crippen LogP contribution in [0.5, 0.6) is 0 Å². The summed E-state index contributed by atoms with van der Waals surface area (Å²) in [4.78, 5) is 20.6. The molecule has 0 atom stereocenters. The van der Waals surface area contributed by atoms with E-state index in [1.54, 1.807) is 36.4 Å². The Morgan fingerprint density at radius 3 is 1.74 bits per heavy atom. The van der Waals surface area contributed by atoms with Gasteiger partial charge in [-0.1, -0.05) is 48.5 Å². The fourth-order valence-electron chi connectivity index (χ4n) is 1.37. The highest BCUT2D eigenvalue weighted by Gasteiger charge is 1.96. The van der Waals surface area contributed by atoms with Crippen LogP contribution in [0, 0.1) is 0 Å². The van der Waals surface area contributed by atoms with Crippen molar-refractivity contribution >= 4 is 11.9 Å². The summed E-state index contributed by atoms with van der Waals surface area (Å²) in [5.41, 5.74) is 6.37. The van der Waals surface area contributed by atoms with Crippen molar-refractivity contribution in [1.29, 1.82) is 0 Å². The third-order valence-corrected chi connectivity index (χ3v) is 2.26. The Balaban J connectivity index is 0.000000191. The van der Waals surface area contributed by atoms with Crippen LogP contribution in [0.1, 0.15) is 15.9 Å². The Bertz CT molecular complexity index is 524. The molecule has 0 spiro atoms. The van der Waals surface area contributed by atoms with Crippen LogP contribution in [-0.4, -0.2) is 17.0 Å². The van der Waals surface area contributed by atoms with Crippen molar-refractivity contribution in [1.82, 2.24) is 0 Å². The molecule has 2 rings (SSSR count). The lowest BCUT2D eigenvalue weighted by Gasteiger charge is -1.92. The molecule has 2 aromatic carbocycles. The van der Waals surface area contributed by atoms with E-state index in [4.69, 9.17) is 10.8 Å². The molecule has 0 radical (unpaired) electrons. The van der Waals surface area contributed by atoms with E-state index in [1.807, 2.05) is 24.3 Å². The largest absolute Gasteiger partial charge is 0.481 e. The predicted molar refractivity (Wildman–Crippen MR) is 72.7 cm³/mol. The molecule has 0 aliphatic carbocycles. The van der Waals surface area contributed by atoms with E-state index in [-0.39, 0.29) is 12.3 Å².